The van der Waals surface area contributed by atoms with Gasteiger partial charge in [-0.15, -0.1) is 0 Å². The molecule has 0 atom stereocenters. The fraction of sp³-hybridized carbons (Fsp3) is 0.538. The normalized spacial score (nSPS) is 14.9. The molecule has 1 amide bonds. The van der Waals surface area contributed by atoms with Crippen LogP contribution in [0.1, 0.15) is 30.0 Å². The van der Waals surface area contributed by atoms with Crippen molar-refractivity contribution in [3.05, 3.63) is 27.7 Å². The van der Waals surface area contributed by atoms with Crippen molar-refractivity contribution in [3.63, 3.8) is 0 Å². The van der Waals surface area contributed by atoms with Crippen LogP contribution in [0.15, 0.2) is 10.9 Å². The van der Waals surface area contributed by atoms with Crippen LogP contribution in [0.5, 0.6) is 5.75 Å². The highest BCUT2D eigenvalue weighted by molar-refractivity contribution is 5.96. The number of hydrogen-bond donors (Lipinski definition) is 2. The molecule has 0 aliphatic carbocycles. The number of pyridine rings is 1. The van der Waals surface area contributed by atoms with Crippen molar-refractivity contribution in [2.75, 3.05) is 13.6 Å². The Morgan fingerprint density at radius 3 is 2.63 bits per heavy atom. The third-order valence-electron chi connectivity index (χ3n) is 3.38. The number of carbonyl (C=O) groups excluding carboxylic acids is 1. The number of nitrogens with zero attached hydrogens (tertiary/aromatic N) is 2. The zero-order valence-corrected chi connectivity index (χ0v) is 11.4. The molecule has 2 heterocycles. The molecular formula is C13H19N3O3. The first-order valence-corrected chi connectivity index (χ1v) is 6.38. The Morgan fingerprint density at radius 2 is 2.05 bits per heavy atom. The molecule has 19 heavy (non-hydrogen) atoms. The number of aromatic nitrogens is 1. The highest BCUT2D eigenvalue weighted by atomic mass is 16.3. The van der Waals surface area contributed by atoms with Gasteiger partial charge in [0.05, 0.1) is 0 Å². The first kappa shape index (κ1) is 13.6. The third-order valence-corrected chi connectivity index (χ3v) is 3.38. The summed E-state index contributed by atoms with van der Waals surface area (Å²) < 4.78 is 1.73. The summed E-state index contributed by atoms with van der Waals surface area (Å²) in [5.41, 5.74) is 0.324. The maximum atomic E-state index is 12.4. The maximum Gasteiger partial charge on any atom is 0.274 e. The quantitative estimate of drug-likeness (QED) is 0.815. The Balaban J connectivity index is 2.59. The smallest absolute Gasteiger partial charge is 0.274 e. The molecule has 0 fully saturated rings. The molecule has 1 aromatic heterocycles. The van der Waals surface area contributed by atoms with Crippen LogP contribution in [0.4, 0.5) is 0 Å². The second-order valence-electron chi connectivity index (χ2n) is 4.97. The van der Waals surface area contributed by atoms with Gasteiger partial charge in [-0.1, -0.05) is 0 Å². The molecule has 2 N–H and O–H groups in total. The van der Waals surface area contributed by atoms with Crippen LogP contribution in [-0.4, -0.2) is 40.1 Å². The van der Waals surface area contributed by atoms with Crippen LogP contribution in [0.2, 0.25) is 0 Å². The van der Waals surface area contributed by atoms with Gasteiger partial charge in [-0.25, -0.2) is 0 Å². The molecule has 1 aliphatic heterocycles. The summed E-state index contributed by atoms with van der Waals surface area (Å²) in [5, 5.41) is 12.9. The van der Waals surface area contributed by atoms with Crippen LogP contribution < -0.4 is 10.7 Å². The van der Waals surface area contributed by atoms with Crippen molar-refractivity contribution in [1.82, 2.24) is 14.8 Å². The van der Waals surface area contributed by atoms with E-state index in [1.807, 2.05) is 13.8 Å². The minimum Gasteiger partial charge on any atom is -0.503 e. The van der Waals surface area contributed by atoms with E-state index in [2.05, 4.69) is 5.32 Å². The van der Waals surface area contributed by atoms with Crippen molar-refractivity contribution in [2.45, 2.75) is 33.0 Å². The number of carbonyl (C=O) groups is 1. The third kappa shape index (κ3) is 2.23. The van der Waals surface area contributed by atoms with Crippen molar-refractivity contribution in [3.8, 4) is 5.75 Å². The minimum absolute atomic E-state index is 0.0451. The van der Waals surface area contributed by atoms with Crippen molar-refractivity contribution >= 4 is 5.91 Å². The minimum atomic E-state index is -0.504. The van der Waals surface area contributed by atoms with E-state index in [0.717, 1.165) is 5.69 Å². The Morgan fingerprint density at radius 1 is 1.37 bits per heavy atom. The predicted octanol–water partition coefficient (Wildman–Crippen LogP) is 0.137. The van der Waals surface area contributed by atoms with Gasteiger partial charge >= 0.3 is 0 Å². The molecule has 0 radical (unpaired) electrons. The van der Waals surface area contributed by atoms with Gasteiger partial charge in [0.1, 0.15) is 0 Å². The number of nitrogens with one attached hydrogen (secondary N) is 1. The zero-order valence-electron chi connectivity index (χ0n) is 11.4. The van der Waals surface area contributed by atoms with Gasteiger partial charge in [-0.05, 0) is 20.9 Å². The van der Waals surface area contributed by atoms with E-state index in [4.69, 9.17) is 0 Å². The van der Waals surface area contributed by atoms with Crippen molar-refractivity contribution in [1.29, 1.82) is 0 Å². The topological polar surface area (TPSA) is 74.6 Å². The second kappa shape index (κ2) is 5.05. The summed E-state index contributed by atoms with van der Waals surface area (Å²) >= 11 is 0. The molecule has 1 aromatic rings. The Bertz CT molecular complexity index is 563. The lowest BCUT2D eigenvalue weighted by molar-refractivity contribution is 0.0639. The molecule has 1 aliphatic rings. The molecule has 2 rings (SSSR count). The summed E-state index contributed by atoms with van der Waals surface area (Å²) in [6.45, 7) is 5.49. The summed E-state index contributed by atoms with van der Waals surface area (Å²) in [4.78, 5) is 25.8. The van der Waals surface area contributed by atoms with E-state index >= 15 is 0 Å². The Hall–Kier alpha value is -1.82. The number of hydrogen-bond acceptors (Lipinski definition) is 4. The average molecular weight is 265 g/mol. The van der Waals surface area contributed by atoms with Crippen LogP contribution in [0.25, 0.3) is 0 Å². The van der Waals surface area contributed by atoms with E-state index < -0.39 is 11.2 Å². The molecule has 6 heteroatoms. The number of aromatic hydroxyl groups is 1. The standard InChI is InChI=1S/C13H19N3O3/c1-8(2)15-4-5-16-9(7-14-3)6-10(17)12(18)11(16)13(15)19/h6,8,14,18H,4-5,7H2,1-3H3. The molecule has 104 valence electrons. The lowest BCUT2D eigenvalue weighted by atomic mass is 10.1. The monoisotopic (exact) mass is 265 g/mol. The van der Waals surface area contributed by atoms with Crippen molar-refractivity contribution < 1.29 is 9.90 Å². The fourth-order valence-electron chi connectivity index (χ4n) is 2.42. The van der Waals surface area contributed by atoms with Gasteiger partial charge in [0.25, 0.3) is 5.91 Å². The number of amides is 1. The van der Waals surface area contributed by atoms with Gasteiger partial charge in [-0.2, -0.15) is 0 Å². The van der Waals surface area contributed by atoms with Gasteiger partial charge in [0.15, 0.2) is 11.4 Å². The van der Waals surface area contributed by atoms with E-state index in [-0.39, 0.29) is 17.6 Å². The van der Waals surface area contributed by atoms with Gasteiger partial charge in [-0.3, -0.25) is 9.59 Å². The van der Waals surface area contributed by atoms with Crippen molar-refractivity contribution in [2.24, 2.45) is 0 Å². The predicted molar refractivity (Wildman–Crippen MR) is 71.3 cm³/mol. The summed E-state index contributed by atoms with van der Waals surface area (Å²) in [6.07, 6.45) is 0. The van der Waals surface area contributed by atoms with E-state index in [1.54, 1.807) is 16.5 Å². The lowest BCUT2D eigenvalue weighted by Crippen LogP contribution is -2.46. The van der Waals surface area contributed by atoms with Gasteiger partial charge in [0.2, 0.25) is 5.43 Å². The second-order valence-corrected chi connectivity index (χ2v) is 4.97. The first-order valence-electron chi connectivity index (χ1n) is 6.38. The average Bonchev–Trinajstić information content (AvgIpc) is 2.35. The summed E-state index contributed by atoms with van der Waals surface area (Å²) in [5.74, 6) is -0.732. The number of fused-ring (bicyclic) bond motifs is 1. The van der Waals surface area contributed by atoms with Gasteiger partial charge in [0, 0.05) is 37.4 Å². The van der Waals surface area contributed by atoms with Crippen LogP contribution >= 0.6 is 0 Å². The summed E-state index contributed by atoms with van der Waals surface area (Å²) in [7, 11) is 1.77. The molecule has 0 saturated heterocycles. The van der Waals surface area contributed by atoms with Crippen LogP contribution in [0.3, 0.4) is 0 Å². The lowest BCUT2D eigenvalue weighted by Gasteiger charge is -2.34. The molecule has 0 unspecified atom stereocenters. The van der Waals surface area contributed by atoms with Crippen LogP contribution in [0, 0.1) is 0 Å². The molecule has 0 bridgehead atoms. The molecular weight excluding hydrogens is 246 g/mol. The zero-order chi connectivity index (χ0) is 14.2. The highest BCUT2D eigenvalue weighted by Crippen LogP contribution is 2.22. The molecule has 0 aromatic carbocycles. The number of rotatable bonds is 3. The van der Waals surface area contributed by atoms with Crippen LogP contribution in [-0.2, 0) is 13.1 Å². The molecule has 0 spiro atoms. The Labute approximate surface area is 111 Å². The molecule has 0 saturated carbocycles. The Kier molecular flexibility index (Phi) is 3.61. The van der Waals surface area contributed by atoms with Gasteiger partial charge < -0.3 is 19.9 Å². The van der Waals surface area contributed by atoms with E-state index in [0.29, 0.717) is 19.6 Å². The van der Waals surface area contributed by atoms with E-state index in [9.17, 15) is 14.7 Å². The first-order chi connectivity index (χ1) is 8.97. The SMILES string of the molecule is CNCc1cc(=O)c(O)c2n1CCN(C(C)C)C2=O. The fourth-order valence-corrected chi connectivity index (χ4v) is 2.42. The van der Waals surface area contributed by atoms with E-state index in [1.165, 1.54) is 6.07 Å². The summed E-state index contributed by atoms with van der Waals surface area (Å²) in [6, 6.07) is 1.43. The highest BCUT2D eigenvalue weighted by Gasteiger charge is 2.30. The molecule has 6 nitrogen and oxygen atoms in total. The largest absolute Gasteiger partial charge is 0.503 e. The maximum absolute atomic E-state index is 12.4.